The van der Waals surface area contributed by atoms with Crippen LogP contribution in [0.15, 0.2) is 22.8 Å². The third-order valence-electron chi connectivity index (χ3n) is 2.12. The van der Waals surface area contributed by atoms with Crippen LogP contribution >= 0.6 is 15.9 Å². The molecule has 1 aromatic carbocycles. The molecule has 3 nitrogen and oxygen atoms in total. The average Bonchev–Trinajstić information content (AvgIpc) is 2.43. The van der Waals surface area contributed by atoms with Crippen LogP contribution in [0.3, 0.4) is 0 Å². The molecule has 13 heavy (non-hydrogen) atoms. The van der Waals surface area contributed by atoms with Gasteiger partial charge in [0.05, 0.1) is 5.52 Å². The predicted molar refractivity (Wildman–Crippen MR) is 56.3 cm³/mol. The molecule has 0 saturated heterocycles. The highest BCUT2D eigenvalue weighted by Gasteiger charge is 2.08. The molecule has 0 unspecified atom stereocenters. The van der Waals surface area contributed by atoms with E-state index in [1.165, 1.54) is 0 Å². The molecule has 2 aromatic rings. The zero-order valence-corrected chi connectivity index (χ0v) is 8.87. The summed E-state index contributed by atoms with van der Waals surface area (Å²) in [7, 11) is 1.92. The van der Waals surface area contributed by atoms with Gasteiger partial charge in [-0.3, -0.25) is 4.68 Å². The molecule has 0 radical (unpaired) electrons. The fraction of sp³-hybridized carbons (Fsp3) is 0.222. The molecule has 2 N–H and O–H groups in total. The van der Waals surface area contributed by atoms with E-state index in [-0.39, 0.29) is 0 Å². The number of para-hydroxylation sites is 1. The van der Waals surface area contributed by atoms with Gasteiger partial charge in [-0.2, -0.15) is 5.10 Å². The first-order valence-corrected chi connectivity index (χ1v) is 4.83. The Morgan fingerprint density at radius 2 is 2.31 bits per heavy atom. The molecule has 2 rings (SSSR count). The zero-order chi connectivity index (χ0) is 9.42. The van der Waals surface area contributed by atoms with E-state index in [4.69, 9.17) is 5.73 Å². The highest BCUT2D eigenvalue weighted by molar-refractivity contribution is 9.10. The van der Waals surface area contributed by atoms with E-state index < -0.39 is 0 Å². The van der Waals surface area contributed by atoms with Gasteiger partial charge in [0.15, 0.2) is 0 Å². The van der Waals surface area contributed by atoms with Crippen molar-refractivity contribution in [1.29, 1.82) is 0 Å². The second-order valence-electron chi connectivity index (χ2n) is 2.93. The average molecular weight is 240 g/mol. The number of hydrogen-bond donors (Lipinski definition) is 1. The van der Waals surface area contributed by atoms with Gasteiger partial charge in [0.2, 0.25) is 0 Å². The highest BCUT2D eigenvalue weighted by Crippen LogP contribution is 2.24. The fourth-order valence-corrected chi connectivity index (χ4v) is 2.10. The Kier molecular flexibility index (Phi) is 2.09. The topological polar surface area (TPSA) is 43.8 Å². The standard InChI is InChI=1S/C9H10BrN3/c1-13-8-6(5-11)3-2-4-7(8)9(10)12-13/h2-4H,5,11H2,1H3. The summed E-state index contributed by atoms with van der Waals surface area (Å²) in [6.07, 6.45) is 0. The first kappa shape index (κ1) is 8.72. The van der Waals surface area contributed by atoms with Gasteiger partial charge < -0.3 is 5.73 Å². The lowest BCUT2D eigenvalue weighted by Gasteiger charge is -2.00. The molecule has 0 amide bonds. The molecule has 1 aromatic heterocycles. The lowest BCUT2D eigenvalue weighted by Crippen LogP contribution is -2.00. The number of rotatable bonds is 1. The molecule has 0 spiro atoms. The Morgan fingerprint density at radius 3 is 3.00 bits per heavy atom. The highest BCUT2D eigenvalue weighted by atomic mass is 79.9. The van der Waals surface area contributed by atoms with Crippen molar-refractivity contribution in [3.8, 4) is 0 Å². The van der Waals surface area contributed by atoms with Gasteiger partial charge in [-0.05, 0) is 21.5 Å². The summed E-state index contributed by atoms with van der Waals surface area (Å²) in [6.45, 7) is 0.545. The number of nitrogens with zero attached hydrogens (tertiary/aromatic N) is 2. The van der Waals surface area contributed by atoms with Crippen molar-refractivity contribution in [2.75, 3.05) is 0 Å². The van der Waals surface area contributed by atoms with Gasteiger partial charge in [0, 0.05) is 19.0 Å². The summed E-state index contributed by atoms with van der Waals surface area (Å²) < 4.78 is 2.72. The summed E-state index contributed by atoms with van der Waals surface area (Å²) >= 11 is 3.41. The Hall–Kier alpha value is -0.870. The Bertz CT molecular complexity index is 447. The maximum Gasteiger partial charge on any atom is 0.135 e. The van der Waals surface area contributed by atoms with Gasteiger partial charge in [0.25, 0.3) is 0 Å². The van der Waals surface area contributed by atoms with Gasteiger partial charge in [-0.25, -0.2) is 0 Å². The fourth-order valence-electron chi connectivity index (χ4n) is 1.54. The van der Waals surface area contributed by atoms with E-state index in [0.717, 1.165) is 21.1 Å². The van der Waals surface area contributed by atoms with Crippen LogP contribution in [0.5, 0.6) is 0 Å². The van der Waals surface area contributed by atoms with Crippen LogP contribution in [0.1, 0.15) is 5.56 Å². The number of fused-ring (bicyclic) bond motifs is 1. The third-order valence-corrected chi connectivity index (χ3v) is 2.71. The Labute approximate surface area is 84.7 Å². The van der Waals surface area contributed by atoms with Gasteiger partial charge in [0.1, 0.15) is 4.60 Å². The molecule has 68 valence electrons. The molecule has 0 bridgehead atoms. The smallest absolute Gasteiger partial charge is 0.135 e. The lowest BCUT2D eigenvalue weighted by molar-refractivity contribution is 0.783. The number of aryl methyl sites for hydroxylation is 1. The lowest BCUT2D eigenvalue weighted by atomic mass is 10.1. The Morgan fingerprint density at radius 1 is 1.54 bits per heavy atom. The van der Waals surface area contributed by atoms with Crippen LogP contribution in [-0.2, 0) is 13.6 Å². The van der Waals surface area contributed by atoms with E-state index in [2.05, 4.69) is 21.0 Å². The molecular formula is C9H10BrN3. The van der Waals surface area contributed by atoms with E-state index in [0.29, 0.717) is 6.54 Å². The van der Waals surface area contributed by atoms with Gasteiger partial charge in [-0.1, -0.05) is 18.2 Å². The monoisotopic (exact) mass is 239 g/mol. The third kappa shape index (κ3) is 1.26. The molecular weight excluding hydrogens is 230 g/mol. The summed E-state index contributed by atoms with van der Waals surface area (Å²) in [4.78, 5) is 0. The maximum absolute atomic E-state index is 5.64. The molecule has 0 aliphatic heterocycles. The van der Waals surface area contributed by atoms with Crippen LogP contribution in [0.2, 0.25) is 0 Å². The summed E-state index contributed by atoms with van der Waals surface area (Å²) in [5.41, 5.74) is 7.87. The van der Waals surface area contributed by atoms with Crippen molar-refractivity contribution >= 4 is 26.8 Å². The van der Waals surface area contributed by atoms with Crippen molar-refractivity contribution in [2.24, 2.45) is 12.8 Å². The summed E-state index contributed by atoms with van der Waals surface area (Å²) in [5, 5.41) is 5.39. The normalized spacial score (nSPS) is 11.0. The molecule has 0 atom stereocenters. The first-order valence-electron chi connectivity index (χ1n) is 4.04. The van der Waals surface area contributed by atoms with Crippen molar-refractivity contribution in [2.45, 2.75) is 6.54 Å². The predicted octanol–water partition coefficient (Wildman–Crippen LogP) is 1.79. The number of hydrogen-bond acceptors (Lipinski definition) is 2. The second kappa shape index (κ2) is 3.12. The van der Waals surface area contributed by atoms with E-state index in [1.807, 2.05) is 29.9 Å². The van der Waals surface area contributed by atoms with Gasteiger partial charge in [-0.15, -0.1) is 0 Å². The van der Waals surface area contributed by atoms with Crippen molar-refractivity contribution in [3.05, 3.63) is 28.4 Å². The van der Waals surface area contributed by atoms with Crippen molar-refractivity contribution in [1.82, 2.24) is 9.78 Å². The minimum absolute atomic E-state index is 0.545. The maximum atomic E-state index is 5.64. The van der Waals surface area contributed by atoms with E-state index in [9.17, 15) is 0 Å². The van der Waals surface area contributed by atoms with Crippen molar-refractivity contribution < 1.29 is 0 Å². The molecule has 0 fully saturated rings. The molecule has 4 heteroatoms. The molecule has 0 aliphatic carbocycles. The van der Waals surface area contributed by atoms with E-state index >= 15 is 0 Å². The number of nitrogens with two attached hydrogens (primary N) is 1. The first-order chi connectivity index (χ1) is 6.24. The molecule has 1 heterocycles. The van der Waals surface area contributed by atoms with Crippen LogP contribution in [-0.4, -0.2) is 9.78 Å². The van der Waals surface area contributed by atoms with Crippen LogP contribution in [0.25, 0.3) is 10.9 Å². The largest absolute Gasteiger partial charge is 0.326 e. The van der Waals surface area contributed by atoms with Gasteiger partial charge >= 0.3 is 0 Å². The minimum Gasteiger partial charge on any atom is -0.326 e. The minimum atomic E-state index is 0.545. The van der Waals surface area contributed by atoms with Crippen LogP contribution in [0, 0.1) is 0 Å². The summed E-state index contributed by atoms with van der Waals surface area (Å²) in [5.74, 6) is 0. The zero-order valence-electron chi connectivity index (χ0n) is 7.29. The van der Waals surface area contributed by atoms with E-state index in [1.54, 1.807) is 0 Å². The Balaban J connectivity index is 2.88. The summed E-state index contributed by atoms with van der Waals surface area (Å²) in [6, 6.07) is 6.05. The van der Waals surface area contributed by atoms with Crippen molar-refractivity contribution in [3.63, 3.8) is 0 Å². The number of aromatic nitrogens is 2. The second-order valence-corrected chi connectivity index (χ2v) is 3.68. The van der Waals surface area contributed by atoms with Crippen LogP contribution < -0.4 is 5.73 Å². The molecule has 0 aliphatic rings. The molecule has 0 saturated carbocycles. The van der Waals surface area contributed by atoms with Crippen LogP contribution in [0.4, 0.5) is 0 Å². The quantitative estimate of drug-likeness (QED) is 0.825. The number of halogens is 1. The number of benzene rings is 1. The SMILES string of the molecule is Cn1nc(Br)c2cccc(CN)c21.